The SMILES string of the molecule is CC1(C)C[C@H]2C[C@@](C)(C[C@H]2S(=O)(=O)c2ccc(C(=O)Nc3ccc(-c4nc5ccccc5o4)cc3)cc2)C1. The molecule has 2 saturated carbocycles. The zero-order chi connectivity index (χ0) is 26.7. The number of carbonyl (C=O) groups excluding carboxylic acids is 1. The van der Waals surface area contributed by atoms with E-state index in [1.54, 1.807) is 36.4 Å². The highest BCUT2D eigenvalue weighted by Gasteiger charge is 2.54. The fourth-order valence-electron chi connectivity index (χ4n) is 7.01. The number of nitrogens with zero attached hydrogens (tertiary/aromatic N) is 1. The lowest BCUT2D eigenvalue weighted by atomic mass is 9.65. The molecule has 2 aliphatic rings. The molecule has 0 spiro atoms. The smallest absolute Gasteiger partial charge is 0.255 e. The number of hydrogen-bond donors (Lipinski definition) is 1. The highest BCUT2D eigenvalue weighted by Crippen LogP contribution is 2.59. The van der Waals surface area contributed by atoms with E-state index >= 15 is 0 Å². The predicted octanol–water partition coefficient (Wildman–Crippen LogP) is 7.13. The van der Waals surface area contributed by atoms with Crippen LogP contribution >= 0.6 is 0 Å². The van der Waals surface area contributed by atoms with E-state index in [-0.39, 0.29) is 27.9 Å². The van der Waals surface area contributed by atoms with E-state index in [4.69, 9.17) is 4.42 Å². The minimum atomic E-state index is -3.47. The van der Waals surface area contributed by atoms with Gasteiger partial charge in [-0.05, 0) is 103 Å². The number of para-hydroxylation sites is 2. The maximum absolute atomic E-state index is 13.6. The molecule has 3 atom stereocenters. The number of fused-ring (bicyclic) bond motifs is 3. The molecule has 0 aliphatic heterocycles. The zero-order valence-corrected chi connectivity index (χ0v) is 22.7. The van der Waals surface area contributed by atoms with E-state index < -0.39 is 9.84 Å². The summed E-state index contributed by atoms with van der Waals surface area (Å²) in [6.45, 7) is 6.75. The fourth-order valence-corrected chi connectivity index (χ4v) is 9.20. The number of rotatable bonds is 5. The van der Waals surface area contributed by atoms with Crippen LogP contribution in [0.4, 0.5) is 5.69 Å². The second-order valence-corrected chi connectivity index (χ2v) is 14.3. The topological polar surface area (TPSA) is 89.3 Å². The Morgan fingerprint density at radius 1 is 0.921 bits per heavy atom. The van der Waals surface area contributed by atoms with E-state index in [1.165, 1.54) is 0 Å². The van der Waals surface area contributed by atoms with Gasteiger partial charge in [0.05, 0.1) is 10.1 Å². The number of nitrogens with one attached hydrogen (secondary N) is 1. The molecular weight excluding hydrogens is 496 g/mol. The number of hydrogen-bond acceptors (Lipinski definition) is 5. The normalized spacial score (nSPS) is 24.4. The van der Waals surface area contributed by atoms with Crippen LogP contribution in [0.15, 0.2) is 82.1 Å². The number of carbonyl (C=O) groups is 1. The van der Waals surface area contributed by atoms with Crippen LogP contribution in [-0.2, 0) is 9.84 Å². The molecule has 38 heavy (non-hydrogen) atoms. The monoisotopic (exact) mass is 528 g/mol. The summed E-state index contributed by atoms with van der Waals surface area (Å²) in [5.41, 5.74) is 3.61. The molecule has 1 aromatic heterocycles. The van der Waals surface area contributed by atoms with Gasteiger partial charge in [-0.1, -0.05) is 32.9 Å². The summed E-state index contributed by atoms with van der Waals surface area (Å²) in [5, 5.41) is 2.53. The van der Waals surface area contributed by atoms with Gasteiger partial charge in [-0.3, -0.25) is 4.79 Å². The van der Waals surface area contributed by atoms with Crippen LogP contribution in [0.3, 0.4) is 0 Å². The highest BCUT2D eigenvalue weighted by molar-refractivity contribution is 7.92. The fraction of sp³-hybridized carbons (Fsp3) is 0.355. The average Bonchev–Trinajstić information content (AvgIpc) is 3.42. The molecule has 196 valence electrons. The van der Waals surface area contributed by atoms with Crippen LogP contribution in [0.25, 0.3) is 22.6 Å². The molecule has 1 heterocycles. The van der Waals surface area contributed by atoms with Gasteiger partial charge in [0, 0.05) is 16.8 Å². The second-order valence-electron chi connectivity index (χ2n) is 12.2. The van der Waals surface area contributed by atoms with E-state index in [0.29, 0.717) is 28.5 Å². The quantitative estimate of drug-likeness (QED) is 0.298. The van der Waals surface area contributed by atoms with Crippen molar-refractivity contribution in [3.63, 3.8) is 0 Å². The van der Waals surface area contributed by atoms with Gasteiger partial charge in [0.25, 0.3) is 5.91 Å². The standard InChI is InChI=1S/C31H32N2O4S/c1-30(2)16-22-17-31(3,19-30)18-27(22)38(35,36)24-14-10-20(11-15-24)28(34)32-23-12-8-21(9-13-23)29-33-25-6-4-5-7-26(25)37-29/h4-15,22,27H,16-19H2,1-3H3,(H,32,34)/t22-,27+,31-/m0/s1. The van der Waals surface area contributed by atoms with Crippen molar-refractivity contribution in [2.24, 2.45) is 16.7 Å². The van der Waals surface area contributed by atoms with Gasteiger partial charge in [0.15, 0.2) is 15.4 Å². The Labute approximate surface area is 223 Å². The minimum absolute atomic E-state index is 0.0833. The molecular formula is C31H32N2O4S. The Hall–Kier alpha value is -3.45. The van der Waals surface area contributed by atoms with Crippen molar-refractivity contribution in [2.45, 2.75) is 56.6 Å². The van der Waals surface area contributed by atoms with Crippen molar-refractivity contribution in [1.29, 1.82) is 0 Å². The van der Waals surface area contributed by atoms with Crippen LogP contribution in [0.1, 0.15) is 56.8 Å². The zero-order valence-electron chi connectivity index (χ0n) is 21.9. The summed E-state index contributed by atoms with van der Waals surface area (Å²) in [4.78, 5) is 17.7. The molecule has 0 saturated heterocycles. The van der Waals surface area contributed by atoms with Crippen molar-refractivity contribution in [2.75, 3.05) is 5.32 Å². The summed E-state index contributed by atoms with van der Waals surface area (Å²) < 4.78 is 33.0. The number of anilines is 1. The predicted molar refractivity (Wildman–Crippen MR) is 149 cm³/mol. The number of sulfone groups is 1. The van der Waals surface area contributed by atoms with Crippen molar-refractivity contribution in [3.8, 4) is 11.5 Å². The third kappa shape index (κ3) is 4.53. The summed E-state index contributed by atoms with van der Waals surface area (Å²) in [6, 6.07) is 21.2. The van der Waals surface area contributed by atoms with Gasteiger partial charge in [0.2, 0.25) is 5.89 Å². The molecule has 0 unspecified atom stereocenters. The Morgan fingerprint density at radius 3 is 2.34 bits per heavy atom. The highest BCUT2D eigenvalue weighted by atomic mass is 32.2. The first kappa shape index (κ1) is 24.9. The second kappa shape index (κ2) is 8.80. The first-order valence-corrected chi connectivity index (χ1v) is 14.7. The van der Waals surface area contributed by atoms with Crippen molar-refractivity contribution < 1.29 is 17.6 Å². The molecule has 2 bridgehead atoms. The van der Waals surface area contributed by atoms with Gasteiger partial charge in [-0.15, -0.1) is 0 Å². The van der Waals surface area contributed by atoms with Crippen LogP contribution in [0.5, 0.6) is 0 Å². The minimum Gasteiger partial charge on any atom is -0.436 e. The summed E-state index contributed by atoms with van der Waals surface area (Å²) in [6.07, 6.45) is 3.70. The maximum atomic E-state index is 13.6. The van der Waals surface area contributed by atoms with E-state index in [9.17, 15) is 13.2 Å². The molecule has 1 N–H and O–H groups in total. The third-order valence-electron chi connectivity index (χ3n) is 8.22. The van der Waals surface area contributed by atoms with E-state index in [1.807, 2.05) is 36.4 Å². The molecule has 6 rings (SSSR count). The van der Waals surface area contributed by atoms with Crippen molar-refractivity contribution in [3.05, 3.63) is 78.4 Å². The number of amides is 1. The van der Waals surface area contributed by atoms with Gasteiger partial charge in [-0.2, -0.15) is 0 Å². The van der Waals surface area contributed by atoms with Crippen LogP contribution in [-0.4, -0.2) is 24.6 Å². The number of benzene rings is 3. The molecule has 6 nitrogen and oxygen atoms in total. The number of oxazole rings is 1. The van der Waals surface area contributed by atoms with Gasteiger partial charge >= 0.3 is 0 Å². The van der Waals surface area contributed by atoms with Crippen LogP contribution < -0.4 is 5.32 Å². The van der Waals surface area contributed by atoms with Gasteiger partial charge < -0.3 is 9.73 Å². The number of aromatic nitrogens is 1. The largest absolute Gasteiger partial charge is 0.436 e. The molecule has 4 aromatic rings. The molecule has 2 aliphatic carbocycles. The Morgan fingerprint density at radius 2 is 1.63 bits per heavy atom. The molecule has 0 radical (unpaired) electrons. The van der Waals surface area contributed by atoms with Gasteiger partial charge in [-0.25, -0.2) is 13.4 Å². The van der Waals surface area contributed by atoms with E-state index in [0.717, 1.165) is 35.9 Å². The Balaban J connectivity index is 1.15. The van der Waals surface area contributed by atoms with Crippen LogP contribution in [0.2, 0.25) is 0 Å². The summed E-state index contributed by atoms with van der Waals surface area (Å²) >= 11 is 0. The first-order chi connectivity index (χ1) is 18.0. The lowest BCUT2D eigenvalue weighted by Gasteiger charge is -2.40. The maximum Gasteiger partial charge on any atom is 0.255 e. The molecule has 2 fully saturated rings. The average molecular weight is 529 g/mol. The first-order valence-electron chi connectivity index (χ1n) is 13.1. The molecule has 3 aromatic carbocycles. The van der Waals surface area contributed by atoms with Crippen molar-refractivity contribution >= 4 is 32.5 Å². The Bertz CT molecular complexity index is 1590. The summed E-state index contributed by atoms with van der Waals surface area (Å²) in [5.74, 6) is 0.411. The van der Waals surface area contributed by atoms with Crippen LogP contribution in [0, 0.1) is 16.7 Å². The Kier molecular flexibility index (Phi) is 5.76. The lowest BCUT2D eigenvalue weighted by molar-refractivity contribution is 0.102. The van der Waals surface area contributed by atoms with E-state index in [2.05, 4.69) is 31.1 Å². The molecule has 7 heteroatoms. The summed E-state index contributed by atoms with van der Waals surface area (Å²) in [7, 11) is -3.47. The van der Waals surface area contributed by atoms with Crippen molar-refractivity contribution in [1.82, 2.24) is 4.98 Å². The molecule has 1 amide bonds. The van der Waals surface area contributed by atoms with Gasteiger partial charge in [0.1, 0.15) is 5.52 Å². The third-order valence-corrected chi connectivity index (χ3v) is 10.5. The lowest BCUT2D eigenvalue weighted by Crippen LogP contribution is -2.31.